The lowest BCUT2D eigenvalue weighted by Gasteiger charge is -2.04. The van der Waals surface area contributed by atoms with Crippen LogP contribution >= 0.6 is 0 Å². The Labute approximate surface area is 73.3 Å². The first kappa shape index (κ1) is 9.55. The van der Waals surface area contributed by atoms with E-state index in [-0.39, 0.29) is 11.1 Å². The van der Waals surface area contributed by atoms with Crippen molar-refractivity contribution in [3.63, 3.8) is 0 Å². The van der Waals surface area contributed by atoms with Gasteiger partial charge in [0.1, 0.15) is 6.07 Å². The van der Waals surface area contributed by atoms with Crippen molar-refractivity contribution in [1.82, 2.24) is 4.98 Å². The highest BCUT2D eigenvalue weighted by Crippen LogP contribution is 2.23. The van der Waals surface area contributed by atoms with E-state index in [1.807, 2.05) is 0 Å². The fourth-order valence-corrected chi connectivity index (χ4v) is 0.944. The van der Waals surface area contributed by atoms with Gasteiger partial charge in [-0.3, -0.25) is 4.98 Å². The highest BCUT2D eigenvalue weighted by molar-refractivity contribution is 5.42. The summed E-state index contributed by atoms with van der Waals surface area (Å²) < 4.78 is 24.5. The molecule has 1 rings (SSSR count). The monoisotopic (exact) mass is 184 g/mol. The molecule has 1 N–H and O–H groups in total. The molecule has 0 aliphatic carbocycles. The van der Waals surface area contributed by atoms with Crippen molar-refractivity contribution >= 4 is 0 Å². The summed E-state index contributed by atoms with van der Waals surface area (Å²) in [6.45, 7) is -0.462. The van der Waals surface area contributed by atoms with Gasteiger partial charge in [-0.2, -0.15) is 5.26 Å². The summed E-state index contributed by atoms with van der Waals surface area (Å²) in [5, 5.41) is 17.3. The van der Waals surface area contributed by atoms with Crippen LogP contribution in [0.5, 0.6) is 0 Å². The van der Waals surface area contributed by atoms with Gasteiger partial charge in [0.05, 0.1) is 17.7 Å². The summed E-state index contributed by atoms with van der Waals surface area (Å²) in [6, 6.07) is 1.62. The number of aliphatic hydroxyl groups excluding tert-OH is 1. The first-order valence-corrected chi connectivity index (χ1v) is 3.46. The third-order valence-corrected chi connectivity index (χ3v) is 1.57. The molecule has 0 spiro atoms. The maximum atomic E-state index is 12.3. The second-order valence-corrected chi connectivity index (χ2v) is 2.33. The average molecular weight is 184 g/mol. The molecule has 0 aromatic carbocycles. The standard InChI is InChI=1S/C8H6F2N2O/c9-8(10)7-3-12-2-5(4-13)6(7)1-11/h2-3,8,13H,4H2. The summed E-state index contributed by atoms with van der Waals surface area (Å²) in [4.78, 5) is 3.49. The van der Waals surface area contributed by atoms with Crippen LogP contribution < -0.4 is 0 Å². The Kier molecular flexibility index (Phi) is 2.88. The van der Waals surface area contributed by atoms with Crippen molar-refractivity contribution in [2.24, 2.45) is 0 Å². The van der Waals surface area contributed by atoms with E-state index >= 15 is 0 Å². The molecule has 0 aliphatic rings. The van der Waals surface area contributed by atoms with Crippen molar-refractivity contribution < 1.29 is 13.9 Å². The van der Waals surface area contributed by atoms with E-state index < -0.39 is 18.6 Å². The maximum absolute atomic E-state index is 12.3. The number of hydrogen-bond acceptors (Lipinski definition) is 3. The molecule has 0 aliphatic heterocycles. The second kappa shape index (κ2) is 3.92. The summed E-state index contributed by atoms with van der Waals surface area (Å²) >= 11 is 0. The summed E-state index contributed by atoms with van der Waals surface area (Å²) in [6.07, 6.45) is -0.610. The molecule has 0 unspecified atom stereocenters. The molecular weight excluding hydrogens is 178 g/mol. The molecule has 1 aromatic heterocycles. The lowest BCUT2D eigenvalue weighted by atomic mass is 10.1. The van der Waals surface area contributed by atoms with Crippen LogP contribution in [0.25, 0.3) is 0 Å². The van der Waals surface area contributed by atoms with Crippen LogP contribution in [0.15, 0.2) is 12.4 Å². The van der Waals surface area contributed by atoms with E-state index in [2.05, 4.69) is 4.98 Å². The number of pyridine rings is 1. The van der Waals surface area contributed by atoms with Crippen molar-refractivity contribution in [3.8, 4) is 6.07 Å². The molecule has 68 valence electrons. The van der Waals surface area contributed by atoms with Crippen molar-refractivity contribution in [1.29, 1.82) is 5.26 Å². The molecule has 3 nitrogen and oxygen atoms in total. The van der Waals surface area contributed by atoms with E-state index in [1.54, 1.807) is 6.07 Å². The summed E-state index contributed by atoms with van der Waals surface area (Å²) in [7, 11) is 0. The number of nitrogens with zero attached hydrogens (tertiary/aromatic N) is 2. The fourth-order valence-electron chi connectivity index (χ4n) is 0.944. The molecule has 0 saturated carbocycles. The molecule has 13 heavy (non-hydrogen) atoms. The van der Waals surface area contributed by atoms with Crippen LogP contribution in [-0.2, 0) is 6.61 Å². The van der Waals surface area contributed by atoms with Gasteiger partial charge in [-0.1, -0.05) is 0 Å². The molecule has 1 heterocycles. The number of aliphatic hydroxyl groups is 1. The van der Waals surface area contributed by atoms with Gasteiger partial charge in [-0.15, -0.1) is 0 Å². The minimum absolute atomic E-state index is 0.125. The topological polar surface area (TPSA) is 56.9 Å². The lowest BCUT2D eigenvalue weighted by Crippen LogP contribution is -1.98. The van der Waals surface area contributed by atoms with Crippen LogP contribution in [0.3, 0.4) is 0 Å². The van der Waals surface area contributed by atoms with Crippen molar-refractivity contribution in [3.05, 3.63) is 29.1 Å². The van der Waals surface area contributed by atoms with Crippen LogP contribution in [-0.4, -0.2) is 10.1 Å². The zero-order valence-corrected chi connectivity index (χ0v) is 6.54. The largest absolute Gasteiger partial charge is 0.392 e. The molecular formula is C8H6F2N2O. The Morgan fingerprint density at radius 2 is 2.23 bits per heavy atom. The number of aromatic nitrogens is 1. The van der Waals surface area contributed by atoms with E-state index in [1.165, 1.54) is 6.20 Å². The maximum Gasteiger partial charge on any atom is 0.266 e. The van der Waals surface area contributed by atoms with Gasteiger partial charge in [0.25, 0.3) is 6.43 Å². The summed E-state index contributed by atoms with van der Waals surface area (Å²) in [5.41, 5.74) is -0.498. The SMILES string of the molecule is N#Cc1c(CO)cncc1C(F)F. The van der Waals surface area contributed by atoms with Crippen molar-refractivity contribution in [2.75, 3.05) is 0 Å². The Hall–Kier alpha value is -1.54. The average Bonchev–Trinajstić information content (AvgIpc) is 2.16. The van der Waals surface area contributed by atoms with Crippen LogP contribution in [0.2, 0.25) is 0 Å². The Balaban J connectivity index is 3.29. The predicted molar refractivity (Wildman–Crippen MR) is 39.8 cm³/mol. The van der Waals surface area contributed by atoms with Crippen molar-refractivity contribution in [2.45, 2.75) is 13.0 Å². The van der Waals surface area contributed by atoms with E-state index in [0.717, 1.165) is 6.20 Å². The minimum Gasteiger partial charge on any atom is -0.392 e. The van der Waals surface area contributed by atoms with Gasteiger partial charge in [0.15, 0.2) is 0 Å². The third kappa shape index (κ3) is 1.79. The van der Waals surface area contributed by atoms with Crippen LogP contribution in [0.1, 0.15) is 23.1 Å². The third-order valence-electron chi connectivity index (χ3n) is 1.57. The minimum atomic E-state index is -2.74. The van der Waals surface area contributed by atoms with Gasteiger partial charge in [0, 0.05) is 18.0 Å². The van der Waals surface area contributed by atoms with Gasteiger partial charge >= 0.3 is 0 Å². The van der Waals surface area contributed by atoms with Gasteiger partial charge < -0.3 is 5.11 Å². The molecule has 0 atom stereocenters. The van der Waals surface area contributed by atoms with Gasteiger partial charge in [-0.25, -0.2) is 8.78 Å². The normalized spacial score (nSPS) is 10.1. The zero-order chi connectivity index (χ0) is 9.84. The molecule has 0 radical (unpaired) electrons. The number of nitriles is 1. The van der Waals surface area contributed by atoms with E-state index in [0.29, 0.717) is 0 Å². The second-order valence-electron chi connectivity index (χ2n) is 2.33. The Morgan fingerprint density at radius 3 is 2.69 bits per heavy atom. The Morgan fingerprint density at radius 1 is 1.54 bits per heavy atom. The molecule has 0 amide bonds. The number of alkyl halides is 2. The number of hydrogen-bond donors (Lipinski definition) is 1. The zero-order valence-electron chi connectivity index (χ0n) is 6.54. The van der Waals surface area contributed by atoms with Crippen LogP contribution in [0, 0.1) is 11.3 Å². The highest BCUT2D eigenvalue weighted by Gasteiger charge is 2.15. The summed E-state index contributed by atoms with van der Waals surface area (Å²) in [5.74, 6) is 0. The molecule has 0 bridgehead atoms. The van der Waals surface area contributed by atoms with E-state index in [9.17, 15) is 8.78 Å². The smallest absolute Gasteiger partial charge is 0.266 e. The first-order valence-electron chi connectivity index (χ1n) is 3.46. The fraction of sp³-hybridized carbons (Fsp3) is 0.250. The molecule has 0 saturated heterocycles. The van der Waals surface area contributed by atoms with Crippen LogP contribution in [0.4, 0.5) is 8.78 Å². The first-order chi connectivity index (χ1) is 6.20. The Bertz CT molecular complexity index is 346. The molecule has 5 heteroatoms. The predicted octanol–water partition coefficient (Wildman–Crippen LogP) is 1.38. The van der Waals surface area contributed by atoms with Gasteiger partial charge in [-0.05, 0) is 0 Å². The highest BCUT2D eigenvalue weighted by atomic mass is 19.3. The van der Waals surface area contributed by atoms with Gasteiger partial charge in [0.2, 0.25) is 0 Å². The molecule has 1 aromatic rings. The number of rotatable bonds is 2. The lowest BCUT2D eigenvalue weighted by molar-refractivity contribution is 0.150. The quantitative estimate of drug-likeness (QED) is 0.755. The number of halogens is 2. The molecule has 0 fully saturated rings. The van der Waals surface area contributed by atoms with E-state index in [4.69, 9.17) is 10.4 Å².